The third-order valence-electron chi connectivity index (χ3n) is 6.28. The number of fused-ring (bicyclic) bond motifs is 2. The molecule has 0 saturated heterocycles. The number of aliphatic hydroxyl groups is 1. The molecule has 6 heteroatoms. The number of carbonyl (C=O) groups excluding carboxylic acids is 1. The number of rotatable bonds is 4. The van der Waals surface area contributed by atoms with Gasteiger partial charge >= 0.3 is 0 Å². The lowest BCUT2D eigenvalue weighted by Crippen LogP contribution is -2.31. The number of benzene rings is 2. The van der Waals surface area contributed by atoms with Gasteiger partial charge in [0.2, 0.25) is 0 Å². The average Bonchev–Trinajstić information content (AvgIpc) is 3.33. The van der Waals surface area contributed by atoms with Crippen molar-refractivity contribution < 1.29 is 14.3 Å². The van der Waals surface area contributed by atoms with Gasteiger partial charge in [-0.05, 0) is 53.6 Å². The van der Waals surface area contributed by atoms with E-state index in [4.69, 9.17) is 0 Å². The second-order valence-corrected chi connectivity index (χ2v) is 9.10. The van der Waals surface area contributed by atoms with Gasteiger partial charge in [-0.2, -0.15) is 5.10 Å². The highest BCUT2D eigenvalue weighted by Gasteiger charge is 2.35. The smallest absolute Gasteiger partial charge is 0.255 e. The normalized spacial score (nSPS) is 17.9. The maximum atomic E-state index is 13.3. The van der Waals surface area contributed by atoms with Gasteiger partial charge in [0.1, 0.15) is 5.82 Å². The summed E-state index contributed by atoms with van der Waals surface area (Å²) in [5.74, 6) is -0.459. The number of nitrogens with zero attached hydrogens (tertiary/aromatic N) is 2. The SMILES string of the molecule is CC1(C)Cc2[nH]nc(-c3ccc4c(c3)CN(C(CO)c3ccc(F)cc3)C4=O)c2C1. The number of aliphatic hydroxyl groups excluding tert-OH is 1. The number of nitrogens with one attached hydrogen (secondary N) is 1. The van der Waals surface area contributed by atoms with Crippen molar-refractivity contribution in [2.45, 2.75) is 39.3 Å². The quantitative estimate of drug-likeness (QED) is 0.689. The number of amides is 1. The van der Waals surface area contributed by atoms with Crippen LogP contribution in [-0.2, 0) is 19.4 Å². The molecule has 5 nitrogen and oxygen atoms in total. The third-order valence-corrected chi connectivity index (χ3v) is 6.28. The molecule has 1 aliphatic carbocycles. The lowest BCUT2D eigenvalue weighted by Gasteiger charge is -2.26. The monoisotopic (exact) mass is 405 g/mol. The van der Waals surface area contributed by atoms with Crippen LogP contribution in [0, 0.1) is 11.2 Å². The van der Waals surface area contributed by atoms with Crippen molar-refractivity contribution in [2.75, 3.05) is 6.61 Å². The molecule has 0 fully saturated rings. The Hall–Kier alpha value is -2.99. The molecule has 3 aromatic rings. The van der Waals surface area contributed by atoms with E-state index in [1.807, 2.05) is 18.2 Å². The highest BCUT2D eigenvalue weighted by Crippen LogP contribution is 2.41. The van der Waals surface area contributed by atoms with Crippen molar-refractivity contribution in [2.24, 2.45) is 5.41 Å². The Kier molecular flexibility index (Phi) is 4.29. The topological polar surface area (TPSA) is 69.2 Å². The second-order valence-electron chi connectivity index (χ2n) is 9.10. The molecule has 154 valence electrons. The minimum atomic E-state index is -0.510. The van der Waals surface area contributed by atoms with Crippen molar-refractivity contribution in [3.8, 4) is 11.3 Å². The van der Waals surface area contributed by atoms with E-state index in [9.17, 15) is 14.3 Å². The molecule has 0 radical (unpaired) electrons. The molecule has 1 aromatic heterocycles. The van der Waals surface area contributed by atoms with Crippen LogP contribution >= 0.6 is 0 Å². The van der Waals surface area contributed by atoms with Crippen LogP contribution in [0.4, 0.5) is 4.39 Å². The molecule has 1 atom stereocenters. The maximum absolute atomic E-state index is 13.3. The molecule has 5 rings (SSSR count). The number of aromatic nitrogens is 2. The van der Waals surface area contributed by atoms with Crippen molar-refractivity contribution in [3.63, 3.8) is 0 Å². The summed E-state index contributed by atoms with van der Waals surface area (Å²) in [5, 5.41) is 17.7. The lowest BCUT2D eigenvalue weighted by molar-refractivity contribution is 0.0615. The van der Waals surface area contributed by atoms with Gasteiger partial charge in [0, 0.05) is 28.9 Å². The van der Waals surface area contributed by atoms with E-state index in [1.54, 1.807) is 17.0 Å². The fourth-order valence-corrected chi connectivity index (χ4v) is 4.81. The summed E-state index contributed by atoms with van der Waals surface area (Å²) in [6.07, 6.45) is 1.97. The fourth-order valence-electron chi connectivity index (χ4n) is 4.81. The van der Waals surface area contributed by atoms with E-state index in [-0.39, 0.29) is 23.7 Å². The van der Waals surface area contributed by atoms with E-state index in [1.165, 1.54) is 23.4 Å². The van der Waals surface area contributed by atoms with Crippen LogP contribution in [-0.4, -0.2) is 32.7 Å². The highest BCUT2D eigenvalue weighted by atomic mass is 19.1. The summed E-state index contributed by atoms with van der Waals surface area (Å²) >= 11 is 0. The van der Waals surface area contributed by atoms with Crippen molar-refractivity contribution >= 4 is 5.91 Å². The molecular formula is C24H24FN3O2. The molecule has 1 unspecified atom stereocenters. The first-order valence-corrected chi connectivity index (χ1v) is 10.2. The van der Waals surface area contributed by atoms with Crippen LogP contribution in [0.2, 0.25) is 0 Å². The zero-order valence-electron chi connectivity index (χ0n) is 17.1. The van der Waals surface area contributed by atoms with Crippen LogP contribution in [0.3, 0.4) is 0 Å². The van der Waals surface area contributed by atoms with Crippen LogP contribution in [0.1, 0.15) is 52.6 Å². The standard InChI is InChI=1S/C24H24FN3O2/c1-24(2)10-19-20(11-24)26-27-22(19)15-5-8-18-16(9-15)12-28(23(18)30)21(13-29)14-3-6-17(25)7-4-14/h3-9,21,29H,10-13H2,1-2H3,(H,26,27). The number of hydrogen-bond donors (Lipinski definition) is 2. The van der Waals surface area contributed by atoms with Gasteiger partial charge in [-0.15, -0.1) is 0 Å². The molecule has 2 aromatic carbocycles. The van der Waals surface area contributed by atoms with Crippen LogP contribution in [0.15, 0.2) is 42.5 Å². The molecule has 30 heavy (non-hydrogen) atoms. The summed E-state index contributed by atoms with van der Waals surface area (Å²) in [7, 11) is 0. The maximum Gasteiger partial charge on any atom is 0.255 e. The second kappa shape index (κ2) is 6.77. The van der Waals surface area contributed by atoms with Gasteiger partial charge in [0.15, 0.2) is 0 Å². The molecule has 2 heterocycles. The summed E-state index contributed by atoms with van der Waals surface area (Å²) in [6, 6.07) is 11.3. The zero-order chi connectivity index (χ0) is 21.0. The third kappa shape index (κ3) is 3.03. The average molecular weight is 405 g/mol. The van der Waals surface area contributed by atoms with Gasteiger partial charge < -0.3 is 10.0 Å². The molecular weight excluding hydrogens is 381 g/mol. The Morgan fingerprint density at radius 3 is 2.70 bits per heavy atom. The van der Waals surface area contributed by atoms with Crippen LogP contribution in [0.25, 0.3) is 11.3 Å². The highest BCUT2D eigenvalue weighted by molar-refractivity contribution is 5.99. The molecule has 0 spiro atoms. The number of aromatic amines is 1. The van der Waals surface area contributed by atoms with Gasteiger partial charge in [0.25, 0.3) is 5.91 Å². The van der Waals surface area contributed by atoms with Crippen molar-refractivity contribution in [3.05, 3.63) is 76.2 Å². The first kappa shape index (κ1) is 19.0. The Balaban J connectivity index is 1.46. The predicted molar refractivity (Wildman–Crippen MR) is 111 cm³/mol. The van der Waals surface area contributed by atoms with E-state index in [0.717, 1.165) is 29.7 Å². The molecule has 1 amide bonds. The van der Waals surface area contributed by atoms with Gasteiger partial charge in [-0.25, -0.2) is 4.39 Å². The largest absolute Gasteiger partial charge is 0.394 e. The first-order valence-electron chi connectivity index (χ1n) is 10.2. The molecule has 0 saturated carbocycles. The fraction of sp³-hybridized carbons (Fsp3) is 0.333. The Labute approximate surface area is 174 Å². The predicted octanol–water partition coefficient (Wildman–Crippen LogP) is 4.03. The minimum absolute atomic E-state index is 0.117. The Morgan fingerprint density at radius 2 is 1.97 bits per heavy atom. The van der Waals surface area contributed by atoms with Crippen molar-refractivity contribution in [1.82, 2.24) is 15.1 Å². The Bertz CT molecular complexity index is 1130. The van der Waals surface area contributed by atoms with E-state index < -0.39 is 6.04 Å². The van der Waals surface area contributed by atoms with Crippen molar-refractivity contribution in [1.29, 1.82) is 0 Å². The van der Waals surface area contributed by atoms with E-state index in [0.29, 0.717) is 17.7 Å². The number of halogens is 1. The first-order chi connectivity index (χ1) is 14.4. The van der Waals surface area contributed by atoms with Gasteiger partial charge in [-0.1, -0.05) is 32.0 Å². The van der Waals surface area contributed by atoms with Gasteiger partial charge in [0.05, 0.1) is 18.3 Å². The molecule has 2 aliphatic rings. The summed E-state index contributed by atoms with van der Waals surface area (Å²) in [6.45, 7) is 4.70. The number of H-pyrrole nitrogens is 1. The molecule has 0 bridgehead atoms. The Morgan fingerprint density at radius 1 is 1.20 bits per heavy atom. The van der Waals surface area contributed by atoms with E-state index in [2.05, 4.69) is 24.0 Å². The van der Waals surface area contributed by atoms with Crippen LogP contribution < -0.4 is 0 Å². The minimum Gasteiger partial charge on any atom is -0.394 e. The summed E-state index contributed by atoms with van der Waals surface area (Å²) in [5.41, 5.74) is 6.94. The van der Waals surface area contributed by atoms with Gasteiger partial charge in [-0.3, -0.25) is 9.89 Å². The molecule has 2 N–H and O–H groups in total. The number of hydrogen-bond acceptors (Lipinski definition) is 3. The lowest BCUT2D eigenvalue weighted by atomic mass is 9.90. The van der Waals surface area contributed by atoms with Crippen LogP contribution in [0.5, 0.6) is 0 Å². The summed E-state index contributed by atoms with van der Waals surface area (Å²) < 4.78 is 13.3. The van der Waals surface area contributed by atoms with E-state index >= 15 is 0 Å². The summed E-state index contributed by atoms with van der Waals surface area (Å²) in [4.78, 5) is 14.7. The zero-order valence-corrected chi connectivity index (χ0v) is 17.1. The number of carbonyl (C=O) groups is 1. The molecule has 1 aliphatic heterocycles.